The van der Waals surface area contributed by atoms with Crippen LogP contribution in [-0.4, -0.2) is 52.9 Å². The maximum Gasteiger partial charge on any atom is 0.260 e. The Kier molecular flexibility index (Phi) is 4.36. The Morgan fingerprint density at radius 2 is 1.96 bits per heavy atom. The van der Waals surface area contributed by atoms with Gasteiger partial charge in [-0.2, -0.15) is 0 Å². The molecule has 0 bridgehead atoms. The van der Waals surface area contributed by atoms with Gasteiger partial charge in [0.15, 0.2) is 0 Å². The molecule has 6 heteroatoms. The number of likely N-dealkylation sites (N-methyl/N-ethyl adjacent to an activating group) is 1. The molecular weight excluding hydrogens is 352 g/mol. The second kappa shape index (κ2) is 6.40. The topological polar surface area (TPSA) is 40.6 Å². The van der Waals surface area contributed by atoms with Gasteiger partial charge >= 0.3 is 0 Å². The highest BCUT2D eigenvalue weighted by atomic mass is 32.2. The Balaban J connectivity index is 1.50. The first-order chi connectivity index (χ1) is 12.0. The second-order valence-corrected chi connectivity index (χ2v) is 9.50. The first kappa shape index (κ1) is 17.0. The largest absolute Gasteiger partial charge is 0.336 e. The maximum absolute atomic E-state index is 12.9. The Bertz CT molecular complexity index is 740. The van der Waals surface area contributed by atoms with Crippen molar-refractivity contribution >= 4 is 35.3 Å². The molecule has 1 aromatic rings. The summed E-state index contributed by atoms with van der Waals surface area (Å²) in [6.45, 7) is 3.43. The first-order valence-corrected chi connectivity index (χ1v) is 10.6. The number of amides is 2. The molecule has 1 saturated carbocycles. The standard InChI is InChI=1S/C19H22N2O2S2/c1-13-3-5-14(6-4-13)17(22)21-9-16(19(11-21)7-8-19)20(2)18(23)15-10-24-12-25-15/h3-6,10,16H,7-9,11-12H2,1-2H3. The molecule has 0 aromatic heterocycles. The van der Waals surface area contributed by atoms with Crippen LogP contribution in [0.1, 0.15) is 28.8 Å². The third kappa shape index (κ3) is 3.10. The summed E-state index contributed by atoms with van der Waals surface area (Å²) in [6, 6.07) is 7.88. The van der Waals surface area contributed by atoms with Gasteiger partial charge in [-0.15, -0.1) is 23.5 Å². The van der Waals surface area contributed by atoms with E-state index in [0.717, 1.165) is 40.5 Å². The van der Waals surface area contributed by atoms with Crippen molar-refractivity contribution in [3.63, 3.8) is 0 Å². The van der Waals surface area contributed by atoms with Crippen molar-refractivity contribution in [2.75, 3.05) is 25.2 Å². The summed E-state index contributed by atoms with van der Waals surface area (Å²) in [5.41, 5.74) is 2.00. The maximum atomic E-state index is 12.9. The highest BCUT2D eigenvalue weighted by molar-refractivity contribution is 8.22. The van der Waals surface area contributed by atoms with Crippen LogP contribution in [0.4, 0.5) is 0 Å². The van der Waals surface area contributed by atoms with E-state index in [4.69, 9.17) is 0 Å². The van der Waals surface area contributed by atoms with Crippen molar-refractivity contribution in [1.82, 2.24) is 9.80 Å². The molecule has 1 spiro atoms. The lowest BCUT2D eigenvalue weighted by Gasteiger charge is -2.29. The molecule has 0 radical (unpaired) electrons. The molecule has 2 amide bonds. The SMILES string of the molecule is Cc1ccc(C(=O)N2CC(N(C)C(=O)C3=CSCS3)C3(CC3)C2)cc1. The summed E-state index contributed by atoms with van der Waals surface area (Å²) < 4.78 is 0. The molecule has 1 saturated heterocycles. The molecule has 25 heavy (non-hydrogen) atoms. The van der Waals surface area contributed by atoms with E-state index < -0.39 is 0 Å². The monoisotopic (exact) mass is 374 g/mol. The Morgan fingerprint density at radius 1 is 1.24 bits per heavy atom. The number of likely N-dealkylation sites (tertiary alicyclic amines) is 1. The summed E-state index contributed by atoms with van der Waals surface area (Å²) in [5.74, 6) is 0.190. The minimum absolute atomic E-state index is 0.0830. The molecule has 2 heterocycles. The molecule has 132 valence electrons. The number of rotatable bonds is 3. The van der Waals surface area contributed by atoms with Crippen molar-refractivity contribution in [3.05, 3.63) is 45.7 Å². The molecule has 0 N–H and O–H groups in total. The summed E-state index contributed by atoms with van der Waals surface area (Å²) >= 11 is 3.29. The fourth-order valence-corrected chi connectivity index (χ4v) is 5.89. The van der Waals surface area contributed by atoms with Crippen molar-refractivity contribution in [2.45, 2.75) is 25.8 Å². The van der Waals surface area contributed by atoms with Crippen LogP contribution in [-0.2, 0) is 4.79 Å². The van der Waals surface area contributed by atoms with E-state index in [1.54, 1.807) is 23.5 Å². The zero-order valence-electron chi connectivity index (χ0n) is 14.5. The van der Waals surface area contributed by atoms with E-state index in [1.807, 2.05) is 53.4 Å². The normalized spacial score (nSPS) is 23.7. The minimum atomic E-state index is 0.0830. The third-order valence-electron chi connectivity index (χ3n) is 5.56. The van der Waals surface area contributed by atoms with Crippen LogP contribution in [0.2, 0.25) is 0 Å². The van der Waals surface area contributed by atoms with Crippen molar-refractivity contribution in [2.24, 2.45) is 5.41 Å². The lowest BCUT2D eigenvalue weighted by atomic mass is 9.99. The van der Waals surface area contributed by atoms with Gasteiger partial charge in [-0.05, 0) is 37.3 Å². The van der Waals surface area contributed by atoms with Crippen molar-refractivity contribution in [3.8, 4) is 0 Å². The Labute approximate surface area is 157 Å². The van der Waals surface area contributed by atoms with Gasteiger partial charge in [-0.3, -0.25) is 9.59 Å². The fourth-order valence-electron chi connectivity index (χ4n) is 3.84. The highest BCUT2D eigenvalue weighted by Crippen LogP contribution is 2.55. The number of carbonyl (C=O) groups is 2. The smallest absolute Gasteiger partial charge is 0.260 e. The van der Waals surface area contributed by atoms with Crippen LogP contribution in [0, 0.1) is 12.3 Å². The molecule has 1 unspecified atom stereocenters. The second-order valence-electron chi connectivity index (χ2n) is 7.26. The van der Waals surface area contributed by atoms with Crippen LogP contribution in [0.3, 0.4) is 0 Å². The van der Waals surface area contributed by atoms with Gasteiger partial charge in [-0.25, -0.2) is 0 Å². The molecular formula is C19H22N2O2S2. The highest BCUT2D eigenvalue weighted by Gasteiger charge is 2.58. The van der Waals surface area contributed by atoms with Crippen molar-refractivity contribution in [1.29, 1.82) is 0 Å². The molecule has 1 aliphatic carbocycles. The number of hydrogen-bond acceptors (Lipinski definition) is 4. The van der Waals surface area contributed by atoms with E-state index in [0.29, 0.717) is 6.54 Å². The van der Waals surface area contributed by atoms with Gasteiger partial charge in [0, 0.05) is 36.2 Å². The average molecular weight is 375 g/mol. The van der Waals surface area contributed by atoms with Crippen LogP contribution in [0.15, 0.2) is 34.6 Å². The molecule has 4 rings (SSSR count). The number of hydrogen-bond donors (Lipinski definition) is 0. The molecule has 2 aliphatic heterocycles. The predicted octanol–water partition coefficient (Wildman–Crippen LogP) is 3.34. The summed E-state index contributed by atoms with van der Waals surface area (Å²) in [6.07, 6.45) is 2.21. The zero-order chi connectivity index (χ0) is 17.6. The van der Waals surface area contributed by atoms with E-state index in [9.17, 15) is 9.59 Å². The average Bonchev–Trinajstić information content (AvgIpc) is 3.04. The van der Waals surface area contributed by atoms with Crippen molar-refractivity contribution < 1.29 is 9.59 Å². The van der Waals surface area contributed by atoms with Gasteiger partial charge < -0.3 is 9.80 Å². The summed E-state index contributed by atoms with van der Waals surface area (Å²) in [5, 5.41) is 2.88. The minimum Gasteiger partial charge on any atom is -0.336 e. The Hall–Kier alpha value is -1.40. The molecule has 1 atom stereocenters. The van der Waals surface area contributed by atoms with Gasteiger partial charge in [0.2, 0.25) is 0 Å². The number of benzene rings is 1. The number of carbonyl (C=O) groups excluding carboxylic acids is 2. The van der Waals surface area contributed by atoms with E-state index in [-0.39, 0.29) is 23.3 Å². The Morgan fingerprint density at radius 3 is 2.56 bits per heavy atom. The van der Waals surface area contributed by atoms with Crippen LogP contribution >= 0.6 is 23.5 Å². The third-order valence-corrected chi connectivity index (χ3v) is 7.73. The molecule has 1 aromatic carbocycles. The van der Waals surface area contributed by atoms with Crippen LogP contribution in [0.25, 0.3) is 0 Å². The number of aryl methyl sites for hydroxylation is 1. The summed E-state index contributed by atoms with van der Waals surface area (Å²) in [7, 11) is 1.90. The molecule has 4 nitrogen and oxygen atoms in total. The number of thioether (sulfide) groups is 2. The van der Waals surface area contributed by atoms with Gasteiger partial charge in [0.05, 0.1) is 10.9 Å². The van der Waals surface area contributed by atoms with E-state index in [2.05, 4.69) is 0 Å². The predicted molar refractivity (Wildman–Crippen MR) is 103 cm³/mol. The van der Waals surface area contributed by atoms with Crippen LogP contribution in [0.5, 0.6) is 0 Å². The van der Waals surface area contributed by atoms with E-state index >= 15 is 0 Å². The van der Waals surface area contributed by atoms with Gasteiger partial charge in [0.1, 0.15) is 0 Å². The lowest BCUT2D eigenvalue weighted by Crippen LogP contribution is -2.43. The van der Waals surface area contributed by atoms with E-state index in [1.165, 1.54) is 0 Å². The fraction of sp³-hybridized carbons (Fsp3) is 0.474. The summed E-state index contributed by atoms with van der Waals surface area (Å²) in [4.78, 5) is 30.3. The first-order valence-electron chi connectivity index (χ1n) is 8.58. The zero-order valence-corrected chi connectivity index (χ0v) is 16.2. The molecule has 2 fully saturated rings. The lowest BCUT2D eigenvalue weighted by molar-refractivity contribution is -0.127. The quantitative estimate of drug-likeness (QED) is 0.814. The molecule has 3 aliphatic rings. The number of nitrogens with zero attached hydrogens (tertiary/aromatic N) is 2. The van der Waals surface area contributed by atoms with Gasteiger partial charge in [0.25, 0.3) is 11.8 Å². The van der Waals surface area contributed by atoms with Gasteiger partial charge in [-0.1, -0.05) is 17.7 Å². The van der Waals surface area contributed by atoms with Crippen LogP contribution < -0.4 is 0 Å².